The van der Waals surface area contributed by atoms with E-state index in [1.165, 1.54) is 11.3 Å². The fourth-order valence-electron chi connectivity index (χ4n) is 1.84. The van der Waals surface area contributed by atoms with Crippen molar-refractivity contribution in [2.24, 2.45) is 0 Å². The number of hydrogen-bond donors (Lipinski definition) is 2. The third kappa shape index (κ3) is 3.93. The van der Waals surface area contributed by atoms with Crippen LogP contribution in [-0.4, -0.2) is 10.9 Å². The average Bonchev–Trinajstić information content (AvgIpc) is 3.03. The largest absolute Gasteiger partial charge is 0.273 e. The smallest absolute Gasteiger partial charge is 0.269 e. The Labute approximate surface area is 143 Å². The summed E-state index contributed by atoms with van der Waals surface area (Å²) in [5.74, 6) is -0.188. The number of hydrogen-bond acceptors (Lipinski definition) is 4. The zero-order valence-electron chi connectivity index (χ0n) is 11.5. The van der Waals surface area contributed by atoms with Gasteiger partial charge in [0.15, 0.2) is 0 Å². The zero-order valence-corrected chi connectivity index (χ0v) is 14.1. The number of nitrogens with one attached hydrogen (secondary N) is 2. The van der Waals surface area contributed by atoms with E-state index in [1.807, 2.05) is 53.9 Å². The van der Waals surface area contributed by atoms with Crippen LogP contribution < -0.4 is 10.9 Å². The molecule has 0 saturated carbocycles. The Morgan fingerprint density at radius 3 is 2.27 bits per heavy atom. The van der Waals surface area contributed by atoms with Crippen molar-refractivity contribution < 1.29 is 4.79 Å². The Bertz CT molecular complexity index is 731. The first kappa shape index (κ1) is 16.2. The molecule has 0 saturated heterocycles. The summed E-state index contributed by atoms with van der Waals surface area (Å²) in [6, 6.07) is 19.0. The molecule has 1 amide bonds. The molecule has 2 aromatic carbocycles. The van der Waals surface area contributed by atoms with E-state index in [0.717, 1.165) is 11.3 Å². The van der Waals surface area contributed by atoms with Gasteiger partial charge in [-0.3, -0.25) is 15.6 Å². The van der Waals surface area contributed by atoms with Gasteiger partial charge in [0, 0.05) is 16.5 Å². The molecule has 1 aromatic heterocycles. The minimum Gasteiger partial charge on any atom is -0.273 e. The fraction of sp³-hybridized carbons (Fsp3) is 0. The number of thiazole rings is 1. The highest BCUT2D eigenvalue weighted by Crippen LogP contribution is 2.23. The molecule has 0 bridgehead atoms. The molecular formula is C16H14BrN3OS. The second-order valence-electron chi connectivity index (χ2n) is 4.35. The van der Waals surface area contributed by atoms with Crippen molar-refractivity contribution in [3.05, 3.63) is 71.6 Å². The normalized spacial score (nSPS) is 9.64. The highest BCUT2D eigenvalue weighted by atomic mass is 79.9. The average molecular weight is 376 g/mol. The van der Waals surface area contributed by atoms with E-state index in [1.54, 1.807) is 12.1 Å². The highest BCUT2D eigenvalue weighted by Gasteiger charge is 2.06. The number of amides is 1. The van der Waals surface area contributed by atoms with Gasteiger partial charge in [0.1, 0.15) is 0 Å². The number of benzene rings is 2. The molecule has 0 aliphatic carbocycles. The predicted octanol–water partition coefficient (Wildman–Crippen LogP) is 4.14. The first-order chi connectivity index (χ1) is 10.3. The van der Waals surface area contributed by atoms with Crippen LogP contribution in [0.25, 0.3) is 11.3 Å². The Hall–Kier alpha value is -2.18. The summed E-state index contributed by atoms with van der Waals surface area (Å²) >= 11 is 1.44. The lowest BCUT2D eigenvalue weighted by molar-refractivity contribution is 0.0962. The van der Waals surface area contributed by atoms with Crippen LogP contribution in [0.2, 0.25) is 0 Å². The van der Waals surface area contributed by atoms with Gasteiger partial charge >= 0.3 is 0 Å². The van der Waals surface area contributed by atoms with Gasteiger partial charge in [-0.25, -0.2) is 4.98 Å². The molecule has 0 spiro atoms. The van der Waals surface area contributed by atoms with E-state index < -0.39 is 0 Å². The molecule has 0 radical (unpaired) electrons. The fourth-order valence-corrected chi connectivity index (χ4v) is 2.52. The lowest BCUT2D eigenvalue weighted by Crippen LogP contribution is -2.29. The molecule has 3 aromatic rings. The number of anilines is 1. The lowest BCUT2D eigenvalue weighted by Gasteiger charge is -2.05. The molecule has 22 heavy (non-hydrogen) atoms. The van der Waals surface area contributed by atoms with Gasteiger partial charge in [-0.1, -0.05) is 48.5 Å². The Morgan fingerprint density at radius 2 is 1.59 bits per heavy atom. The van der Waals surface area contributed by atoms with Gasteiger partial charge in [0.2, 0.25) is 5.13 Å². The lowest BCUT2D eigenvalue weighted by atomic mass is 10.2. The van der Waals surface area contributed by atoms with Crippen LogP contribution in [0.4, 0.5) is 5.13 Å². The summed E-state index contributed by atoms with van der Waals surface area (Å²) in [7, 11) is 0. The molecule has 0 unspecified atom stereocenters. The maximum Gasteiger partial charge on any atom is 0.269 e. The van der Waals surface area contributed by atoms with Crippen LogP contribution in [0.15, 0.2) is 66.0 Å². The van der Waals surface area contributed by atoms with Gasteiger partial charge in [-0.2, -0.15) is 0 Å². The summed E-state index contributed by atoms with van der Waals surface area (Å²) in [4.78, 5) is 16.3. The van der Waals surface area contributed by atoms with Crippen molar-refractivity contribution in [3.8, 4) is 11.3 Å². The number of halogens is 1. The van der Waals surface area contributed by atoms with Gasteiger partial charge in [0.05, 0.1) is 5.69 Å². The SMILES string of the molecule is Br.O=C(NNc1nc(-c2ccccc2)cs1)c1ccccc1. The van der Waals surface area contributed by atoms with E-state index >= 15 is 0 Å². The summed E-state index contributed by atoms with van der Waals surface area (Å²) < 4.78 is 0. The predicted molar refractivity (Wildman–Crippen MR) is 95.4 cm³/mol. The molecule has 2 N–H and O–H groups in total. The van der Waals surface area contributed by atoms with Gasteiger partial charge < -0.3 is 0 Å². The Kier molecular flexibility index (Phi) is 5.68. The monoisotopic (exact) mass is 375 g/mol. The van der Waals surface area contributed by atoms with E-state index in [9.17, 15) is 4.79 Å². The number of carbonyl (C=O) groups is 1. The van der Waals surface area contributed by atoms with E-state index in [-0.39, 0.29) is 22.9 Å². The topological polar surface area (TPSA) is 54.0 Å². The number of hydrazine groups is 1. The van der Waals surface area contributed by atoms with Crippen molar-refractivity contribution in [2.45, 2.75) is 0 Å². The molecule has 0 atom stereocenters. The second kappa shape index (κ2) is 7.72. The van der Waals surface area contributed by atoms with Crippen LogP contribution >= 0.6 is 28.3 Å². The van der Waals surface area contributed by atoms with E-state index in [4.69, 9.17) is 0 Å². The number of aromatic nitrogens is 1. The van der Waals surface area contributed by atoms with Crippen LogP contribution in [-0.2, 0) is 0 Å². The van der Waals surface area contributed by atoms with Gasteiger partial charge in [-0.05, 0) is 12.1 Å². The molecular weight excluding hydrogens is 362 g/mol. The molecule has 112 valence electrons. The number of rotatable bonds is 4. The molecule has 0 fully saturated rings. The van der Waals surface area contributed by atoms with Crippen LogP contribution in [0.1, 0.15) is 10.4 Å². The number of nitrogens with zero attached hydrogens (tertiary/aromatic N) is 1. The van der Waals surface area contributed by atoms with Crippen molar-refractivity contribution in [2.75, 3.05) is 5.43 Å². The third-order valence-corrected chi connectivity index (χ3v) is 3.65. The summed E-state index contributed by atoms with van der Waals surface area (Å²) in [6.07, 6.45) is 0. The third-order valence-electron chi connectivity index (χ3n) is 2.89. The molecule has 6 heteroatoms. The van der Waals surface area contributed by atoms with E-state index in [0.29, 0.717) is 10.7 Å². The van der Waals surface area contributed by atoms with Gasteiger partial charge in [-0.15, -0.1) is 28.3 Å². The Morgan fingerprint density at radius 1 is 0.955 bits per heavy atom. The maximum atomic E-state index is 11.9. The summed E-state index contributed by atoms with van der Waals surface area (Å²) in [6.45, 7) is 0. The van der Waals surface area contributed by atoms with Crippen molar-refractivity contribution in [1.82, 2.24) is 10.4 Å². The standard InChI is InChI=1S/C16H13N3OS.BrH/c20-15(13-9-5-2-6-10-13)18-19-16-17-14(11-21-16)12-7-3-1-4-8-12;/h1-11H,(H,17,19)(H,18,20);1H. The summed E-state index contributed by atoms with van der Waals surface area (Å²) in [5, 5.41) is 2.60. The minimum atomic E-state index is -0.188. The molecule has 0 aliphatic rings. The van der Waals surface area contributed by atoms with Crippen LogP contribution in [0.3, 0.4) is 0 Å². The molecule has 3 rings (SSSR count). The van der Waals surface area contributed by atoms with Crippen molar-refractivity contribution >= 4 is 39.4 Å². The maximum absolute atomic E-state index is 11.9. The quantitative estimate of drug-likeness (QED) is 0.673. The molecule has 4 nitrogen and oxygen atoms in total. The minimum absolute atomic E-state index is 0. The molecule has 0 aliphatic heterocycles. The van der Waals surface area contributed by atoms with Gasteiger partial charge in [0.25, 0.3) is 5.91 Å². The highest BCUT2D eigenvalue weighted by molar-refractivity contribution is 8.93. The number of carbonyl (C=O) groups excluding carboxylic acids is 1. The van der Waals surface area contributed by atoms with Crippen LogP contribution in [0, 0.1) is 0 Å². The summed E-state index contributed by atoms with van der Waals surface area (Å²) in [5.41, 5.74) is 8.02. The molecule has 1 heterocycles. The first-order valence-corrected chi connectivity index (χ1v) is 7.33. The van der Waals surface area contributed by atoms with E-state index in [2.05, 4.69) is 15.8 Å². The Balaban J connectivity index is 0.00000176. The second-order valence-corrected chi connectivity index (χ2v) is 5.21. The van der Waals surface area contributed by atoms with Crippen molar-refractivity contribution in [1.29, 1.82) is 0 Å². The zero-order chi connectivity index (χ0) is 14.5. The van der Waals surface area contributed by atoms with Crippen LogP contribution in [0.5, 0.6) is 0 Å². The van der Waals surface area contributed by atoms with Crippen molar-refractivity contribution in [3.63, 3.8) is 0 Å². The first-order valence-electron chi connectivity index (χ1n) is 6.45.